The number of aromatic nitrogens is 2. The third kappa shape index (κ3) is 3.18. The van der Waals surface area contributed by atoms with Crippen molar-refractivity contribution in [1.82, 2.24) is 9.55 Å². The highest BCUT2D eigenvalue weighted by Crippen LogP contribution is 2.29. The Bertz CT molecular complexity index is 1210. The molecular formula is C24H22N2O2. The third-order valence-corrected chi connectivity index (χ3v) is 5.03. The third-order valence-electron chi connectivity index (χ3n) is 5.03. The Hall–Kier alpha value is -3.40. The van der Waals surface area contributed by atoms with Crippen LogP contribution >= 0.6 is 0 Å². The van der Waals surface area contributed by atoms with E-state index in [0.29, 0.717) is 23.3 Å². The minimum Gasteiger partial charge on any atom is -0.496 e. The van der Waals surface area contributed by atoms with E-state index in [-0.39, 0.29) is 5.56 Å². The molecule has 0 radical (unpaired) electrons. The number of para-hydroxylation sites is 1. The average Bonchev–Trinajstić information content (AvgIpc) is 2.72. The Balaban J connectivity index is 2.00. The molecule has 0 unspecified atom stereocenters. The molecular weight excluding hydrogens is 348 g/mol. The zero-order valence-corrected chi connectivity index (χ0v) is 16.3. The van der Waals surface area contributed by atoms with Gasteiger partial charge in [0.1, 0.15) is 11.6 Å². The Morgan fingerprint density at radius 1 is 0.929 bits per heavy atom. The number of fused-ring (bicyclic) bond motifs is 1. The minimum atomic E-state index is -0.0303. The van der Waals surface area contributed by atoms with Crippen molar-refractivity contribution in [3.63, 3.8) is 0 Å². The number of nitrogens with zero attached hydrogens (tertiary/aromatic N) is 2. The Kier molecular flexibility index (Phi) is 4.70. The Morgan fingerprint density at radius 3 is 2.39 bits per heavy atom. The van der Waals surface area contributed by atoms with E-state index in [2.05, 4.69) is 0 Å². The van der Waals surface area contributed by atoms with Crippen molar-refractivity contribution in [2.24, 2.45) is 0 Å². The normalized spacial score (nSPS) is 11.0. The van der Waals surface area contributed by atoms with Crippen LogP contribution in [-0.2, 0) is 6.54 Å². The minimum absolute atomic E-state index is 0.0303. The van der Waals surface area contributed by atoms with Crippen molar-refractivity contribution in [3.05, 3.63) is 93.8 Å². The van der Waals surface area contributed by atoms with Crippen LogP contribution in [0.2, 0.25) is 0 Å². The molecule has 140 valence electrons. The van der Waals surface area contributed by atoms with Crippen LogP contribution in [0.25, 0.3) is 22.3 Å². The number of methoxy groups -OCH3 is 1. The molecule has 1 aromatic heterocycles. The van der Waals surface area contributed by atoms with E-state index in [1.807, 2.05) is 80.6 Å². The van der Waals surface area contributed by atoms with Gasteiger partial charge in [0.25, 0.3) is 5.56 Å². The van der Waals surface area contributed by atoms with Crippen LogP contribution in [0.1, 0.15) is 16.7 Å². The Morgan fingerprint density at radius 2 is 1.64 bits per heavy atom. The number of aryl methyl sites for hydroxylation is 2. The number of hydrogen-bond acceptors (Lipinski definition) is 3. The molecule has 4 aromatic rings. The van der Waals surface area contributed by atoms with Gasteiger partial charge < -0.3 is 4.74 Å². The zero-order valence-electron chi connectivity index (χ0n) is 16.3. The maximum atomic E-state index is 13.3. The maximum absolute atomic E-state index is 13.3. The van der Waals surface area contributed by atoms with Gasteiger partial charge in [-0.1, -0.05) is 42.5 Å². The fourth-order valence-electron chi connectivity index (χ4n) is 3.54. The average molecular weight is 370 g/mol. The monoisotopic (exact) mass is 370 g/mol. The molecule has 4 heteroatoms. The van der Waals surface area contributed by atoms with Crippen LogP contribution in [-0.4, -0.2) is 16.7 Å². The lowest BCUT2D eigenvalue weighted by Crippen LogP contribution is -2.24. The summed E-state index contributed by atoms with van der Waals surface area (Å²) in [4.78, 5) is 18.2. The van der Waals surface area contributed by atoms with Crippen molar-refractivity contribution in [2.45, 2.75) is 20.4 Å². The van der Waals surface area contributed by atoms with Crippen LogP contribution in [0, 0.1) is 13.8 Å². The predicted octanol–water partition coefficient (Wildman–Crippen LogP) is 4.74. The molecule has 4 nitrogen and oxygen atoms in total. The summed E-state index contributed by atoms with van der Waals surface area (Å²) in [5.74, 6) is 1.51. The lowest BCUT2D eigenvalue weighted by atomic mass is 10.0. The standard InChI is InChI=1S/C24H22N2O2/c1-16-14-22(28-3)17(2)13-20(16)23-25-21-12-8-7-11-19(21)24(27)26(23)15-18-9-5-4-6-10-18/h4-14H,15H2,1-3H3. The molecule has 4 rings (SSSR count). The van der Waals surface area contributed by atoms with E-state index >= 15 is 0 Å². The first-order valence-corrected chi connectivity index (χ1v) is 9.27. The lowest BCUT2D eigenvalue weighted by molar-refractivity contribution is 0.411. The first-order chi connectivity index (χ1) is 13.6. The highest BCUT2D eigenvalue weighted by atomic mass is 16.5. The summed E-state index contributed by atoms with van der Waals surface area (Å²) in [5, 5.41) is 0.630. The summed E-state index contributed by atoms with van der Waals surface area (Å²) in [6, 6.07) is 21.5. The molecule has 0 bridgehead atoms. The second-order valence-corrected chi connectivity index (χ2v) is 6.97. The number of hydrogen-bond donors (Lipinski definition) is 0. The van der Waals surface area contributed by atoms with Gasteiger partial charge >= 0.3 is 0 Å². The van der Waals surface area contributed by atoms with Crippen LogP contribution in [0.15, 0.2) is 71.5 Å². The van der Waals surface area contributed by atoms with Crippen LogP contribution < -0.4 is 10.3 Å². The molecule has 0 saturated heterocycles. The highest BCUT2D eigenvalue weighted by Gasteiger charge is 2.16. The van der Waals surface area contributed by atoms with Gasteiger partial charge in [-0.05, 0) is 54.8 Å². The predicted molar refractivity (Wildman–Crippen MR) is 113 cm³/mol. The van der Waals surface area contributed by atoms with Gasteiger partial charge in [0.15, 0.2) is 0 Å². The maximum Gasteiger partial charge on any atom is 0.261 e. The molecule has 0 amide bonds. The van der Waals surface area contributed by atoms with Crippen molar-refractivity contribution in [3.8, 4) is 17.1 Å². The molecule has 28 heavy (non-hydrogen) atoms. The lowest BCUT2D eigenvalue weighted by Gasteiger charge is -2.17. The second-order valence-electron chi connectivity index (χ2n) is 6.97. The van der Waals surface area contributed by atoms with Gasteiger partial charge in [-0.25, -0.2) is 4.98 Å². The van der Waals surface area contributed by atoms with E-state index in [1.54, 1.807) is 11.7 Å². The second kappa shape index (κ2) is 7.31. The molecule has 3 aromatic carbocycles. The van der Waals surface area contributed by atoms with Gasteiger partial charge in [0.2, 0.25) is 0 Å². The van der Waals surface area contributed by atoms with E-state index in [4.69, 9.17) is 9.72 Å². The largest absolute Gasteiger partial charge is 0.496 e. The summed E-state index contributed by atoms with van der Waals surface area (Å²) in [6.07, 6.45) is 0. The zero-order chi connectivity index (χ0) is 19.7. The molecule has 0 saturated carbocycles. The summed E-state index contributed by atoms with van der Waals surface area (Å²) in [5.41, 5.74) is 4.71. The summed E-state index contributed by atoms with van der Waals surface area (Å²) in [6.45, 7) is 4.49. The molecule has 0 aliphatic heterocycles. The number of rotatable bonds is 4. The Labute approximate surface area is 164 Å². The molecule has 0 aliphatic rings. The molecule has 1 heterocycles. The van der Waals surface area contributed by atoms with E-state index in [9.17, 15) is 4.79 Å². The fraction of sp³-hybridized carbons (Fsp3) is 0.167. The van der Waals surface area contributed by atoms with Gasteiger partial charge in [0.05, 0.1) is 24.6 Å². The van der Waals surface area contributed by atoms with Crippen molar-refractivity contribution in [2.75, 3.05) is 7.11 Å². The van der Waals surface area contributed by atoms with Crippen LogP contribution in [0.3, 0.4) is 0 Å². The topological polar surface area (TPSA) is 44.1 Å². The van der Waals surface area contributed by atoms with Gasteiger partial charge in [-0.15, -0.1) is 0 Å². The highest BCUT2D eigenvalue weighted by molar-refractivity contribution is 5.80. The van der Waals surface area contributed by atoms with Crippen molar-refractivity contribution < 1.29 is 4.74 Å². The van der Waals surface area contributed by atoms with Crippen LogP contribution in [0.4, 0.5) is 0 Å². The summed E-state index contributed by atoms with van der Waals surface area (Å²) >= 11 is 0. The van der Waals surface area contributed by atoms with Crippen molar-refractivity contribution in [1.29, 1.82) is 0 Å². The molecule has 0 spiro atoms. The van der Waals surface area contributed by atoms with Gasteiger partial charge in [0, 0.05) is 5.56 Å². The number of ether oxygens (including phenoxy) is 1. The summed E-state index contributed by atoms with van der Waals surface area (Å²) < 4.78 is 7.22. The number of benzene rings is 3. The van der Waals surface area contributed by atoms with Crippen LogP contribution in [0.5, 0.6) is 5.75 Å². The first-order valence-electron chi connectivity index (χ1n) is 9.27. The molecule has 0 fully saturated rings. The SMILES string of the molecule is COc1cc(C)c(-c2nc3ccccc3c(=O)n2Cc2ccccc2)cc1C. The first kappa shape index (κ1) is 18.0. The molecule has 0 atom stereocenters. The van der Waals surface area contributed by atoms with E-state index in [1.165, 1.54) is 0 Å². The van der Waals surface area contributed by atoms with E-state index in [0.717, 1.165) is 28.0 Å². The van der Waals surface area contributed by atoms with Crippen molar-refractivity contribution >= 4 is 10.9 Å². The fourth-order valence-corrected chi connectivity index (χ4v) is 3.54. The van der Waals surface area contributed by atoms with Gasteiger partial charge in [-0.3, -0.25) is 9.36 Å². The summed E-state index contributed by atoms with van der Waals surface area (Å²) in [7, 11) is 1.67. The molecule has 0 aliphatic carbocycles. The smallest absolute Gasteiger partial charge is 0.261 e. The molecule has 0 N–H and O–H groups in total. The van der Waals surface area contributed by atoms with Gasteiger partial charge in [-0.2, -0.15) is 0 Å². The quantitative estimate of drug-likeness (QED) is 0.521. The van der Waals surface area contributed by atoms with E-state index < -0.39 is 0 Å².